The number of hydrogen-bond acceptors (Lipinski definition) is 6. The average Bonchev–Trinajstić information content (AvgIpc) is 2.74. The standard InChI is InChI=1S/C22H14N6O/c23-11-15-17(13-7-3-1-4-8-13)18-19(25)16(12-24)22(29)28-21(18)27-20(15)26-14-9-5-2-6-10-14/h1-10,16,25H,(H2,26,27,28,29). The van der Waals surface area contributed by atoms with Crippen LogP contribution in [0.1, 0.15) is 11.1 Å². The molecule has 3 N–H and O–H groups in total. The predicted octanol–water partition coefficient (Wildman–Crippen LogP) is 3.82. The van der Waals surface area contributed by atoms with E-state index in [1.54, 1.807) is 0 Å². The van der Waals surface area contributed by atoms with Gasteiger partial charge in [-0.2, -0.15) is 10.5 Å². The highest BCUT2D eigenvalue weighted by atomic mass is 16.2. The van der Waals surface area contributed by atoms with Crippen LogP contribution in [-0.4, -0.2) is 16.6 Å². The van der Waals surface area contributed by atoms with Crippen LogP contribution in [0.25, 0.3) is 11.1 Å². The highest BCUT2D eigenvalue weighted by molar-refractivity contribution is 6.25. The zero-order valence-corrected chi connectivity index (χ0v) is 15.1. The maximum Gasteiger partial charge on any atom is 0.249 e. The van der Waals surface area contributed by atoms with Gasteiger partial charge >= 0.3 is 0 Å². The number of fused-ring (bicyclic) bond motifs is 1. The summed E-state index contributed by atoms with van der Waals surface area (Å²) in [5, 5.41) is 33.5. The predicted molar refractivity (Wildman–Crippen MR) is 109 cm³/mol. The molecule has 7 nitrogen and oxygen atoms in total. The van der Waals surface area contributed by atoms with Gasteiger partial charge in [0, 0.05) is 16.8 Å². The first kappa shape index (κ1) is 17.9. The van der Waals surface area contributed by atoms with Gasteiger partial charge in [0.1, 0.15) is 17.5 Å². The molecule has 1 aromatic heterocycles. The fourth-order valence-corrected chi connectivity index (χ4v) is 3.28. The van der Waals surface area contributed by atoms with Crippen LogP contribution >= 0.6 is 0 Å². The van der Waals surface area contributed by atoms with Crippen LogP contribution in [0.4, 0.5) is 17.3 Å². The van der Waals surface area contributed by atoms with E-state index in [2.05, 4.69) is 21.7 Å². The average molecular weight is 378 g/mol. The van der Waals surface area contributed by atoms with Crippen molar-refractivity contribution in [2.24, 2.45) is 5.92 Å². The van der Waals surface area contributed by atoms with Crippen molar-refractivity contribution in [3.63, 3.8) is 0 Å². The first-order chi connectivity index (χ1) is 14.1. The van der Waals surface area contributed by atoms with Crippen LogP contribution in [0.5, 0.6) is 0 Å². The Hall–Kier alpha value is -4.49. The third kappa shape index (κ3) is 3.07. The Labute approximate surface area is 166 Å². The molecule has 1 amide bonds. The van der Waals surface area contributed by atoms with Crippen molar-refractivity contribution < 1.29 is 4.79 Å². The summed E-state index contributed by atoms with van der Waals surface area (Å²) in [6.07, 6.45) is 0. The number of anilines is 3. The highest BCUT2D eigenvalue weighted by Gasteiger charge is 2.36. The molecule has 138 valence electrons. The molecule has 1 aliphatic heterocycles. The maximum absolute atomic E-state index is 12.3. The lowest BCUT2D eigenvalue weighted by Crippen LogP contribution is -2.35. The number of nitriles is 2. The summed E-state index contributed by atoms with van der Waals surface area (Å²) >= 11 is 0. The molecule has 29 heavy (non-hydrogen) atoms. The first-order valence-corrected chi connectivity index (χ1v) is 8.79. The number of para-hydroxylation sites is 1. The Kier molecular flexibility index (Phi) is 4.48. The van der Waals surface area contributed by atoms with E-state index in [0.29, 0.717) is 11.1 Å². The lowest BCUT2D eigenvalue weighted by Gasteiger charge is -2.25. The van der Waals surface area contributed by atoms with Crippen molar-refractivity contribution in [1.29, 1.82) is 15.9 Å². The molecule has 1 atom stereocenters. The number of nitrogens with zero attached hydrogens (tertiary/aromatic N) is 3. The molecular weight excluding hydrogens is 364 g/mol. The largest absolute Gasteiger partial charge is 0.339 e. The van der Waals surface area contributed by atoms with Crippen molar-refractivity contribution in [3.05, 3.63) is 71.8 Å². The molecule has 0 fully saturated rings. The summed E-state index contributed by atoms with van der Waals surface area (Å²) in [6.45, 7) is 0. The Balaban J connectivity index is 2.01. The molecule has 0 spiro atoms. The van der Waals surface area contributed by atoms with Crippen molar-refractivity contribution in [3.8, 4) is 23.3 Å². The number of carbonyl (C=O) groups is 1. The monoisotopic (exact) mass is 378 g/mol. The zero-order valence-electron chi connectivity index (χ0n) is 15.1. The maximum atomic E-state index is 12.3. The number of nitrogens with one attached hydrogen (secondary N) is 3. The Bertz CT molecular complexity index is 1210. The number of carbonyl (C=O) groups excluding carboxylic acids is 1. The van der Waals surface area contributed by atoms with E-state index in [-0.39, 0.29) is 28.5 Å². The van der Waals surface area contributed by atoms with E-state index >= 15 is 0 Å². The lowest BCUT2D eigenvalue weighted by atomic mass is 9.86. The van der Waals surface area contributed by atoms with E-state index in [1.165, 1.54) is 0 Å². The van der Waals surface area contributed by atoms with Gasteiger partial charge in [-0.25, -0.2) is 4.98 Å². The van der Waals surface area contributed by atoms with Crippen LogP contribution in [0.15, 0.2) is 60.7 Å². The second-order valence-corrected chi connectivity index (χ2v) is 6.37. The van der Waals surface area contributed by atoms with Gasteiger partial charge in [0.05, 0.1) is 11.8 Å². The molecule has 0 aliphatic carbocycles. The smallest absolute Gasteiger partial charge is 0.249 e. The fraction of sp³-hybridized carbons (Fsp3) is 0.0455. The summed E-state index contributed by atoms with van der Waals surface area (Å²) in [5.74, 6) is -1.44. The molecule has 4 rings (SSSR count). The molecule has 2 heterocycles. The summed E-state index contributed by atoms with van der Waals surface area (Å²) in [6, 6.07) is 22.4. The number of amides is 1. The number of benzene rings is 2. The van der Waals surface area contributed by atoms with Crippen molar-refractivity contribution in [1.82, 2.24) is 4.98 Å². The molecule has 2 aromatic carbocycles. The molecule has 7 heteroatoms. The minimum absolute atomic E-state index is 0.155. The van der Waals surface area contributed by atoms with E-state index in [9.17, 15) is 15.3 Å². The molecular formula is C22H14N6O. The number of aromatic nitrogens is 1. The van der Waals surface area contributed by atoms with Crippen LogP contribution in [0.2, 0.25) is 0 Å². The van der Waals surface area contributed by atoms with Crippen molar-refractivity contribution >= 4 is 28.9 Å². The zero-order chi connectivity index (χ0) is 20.4. The Morgan fingerprint density at radius 3 is 2.28 bits per heavy atom. The van der Waals surface area contributed by atoms with Crippen LogP contribution in [0, 0.1) is 34.0 Å². The molecule has 1 aliphatic rings. The Morgan fingerprint density at radius 1 is 1.00 bits per heavy atom. The minimum atomic E-state index is -1.26. The van der Waals surface area contributed by atoms with E-state index in [0.717, 1.165) is 5.69 Å². The molecule has 0 saturated heterocycles. The van der Waals surface area contributed by atoms with Gasteiger partial charge in [-0.15, -0.1) is 0 Å². The molecule has 0 saturated carbocycles. The topological polar surface area (TPSA) is 125 Å². The van der Waals surface area contributed by atoms with Gasteiger partial charge in [-0.1, -0.05) is 48.5 Å². The summed E-state index contributed by atoms with van der Waals surface area (Å²) in [5.41, 5.74) is 2.23. The number of hydrogen-bond donors (Lipinski definition) is 3. The van der Waals surface area contributed by atoms with Crippen LogP contribution < -0.4 is 10.6 Å². The van der Waals surface area contributed by atoms with Crippen molar-refractivity contribution in [2.45, 2.75) is 0 Å². The number of rotatable bonds is 3. The minimum Gasteiger partial charge on any atom is -0.339 e. The van der Waals surface area contributed by atoms with Gasteiger partial charge in [-0.3, -0.25) is 4.79 Å². The second-order valence-electron chi connectivity index (χ2n) is 6.37. The van der Waals surface area contributed by atoms with Gasteiger partial charge < -0.3 is 16.0 Å². The highest BCUT2D eigenvalue weighted by Crippen LogP contribution is 2.39. The van der Waals surface area contributed by atoms with E-state index < -0.39 is 11.8 Å². The van der Waals surface area contributed by atoms with Gasteiger partial charge in [0.15, 0.2) is 11.7 Å². The molecule has 0 radical (unpaired) electrons. The summed E-state index contributed by atoms with van der Waals surface area (Å²) in [4.78, 5) is 16.7. The fourth-order valence-electron chi connectivity index (χ4n) is 3.28. The Morgan fingerprint density at radius 2 is 1.66 bits per heavy atom. The molecule has 1 unspecified atom stereocenters. The van der Waals surface area contributed by atoms with E-state index in [4.69, 9.17) is 5.41 Å². The lowest BCUT2D eigenvalue weighted by molar-refractivity contribution is -0.116. The summed E-state index contributed by atoms with van der Waals surface area (Å²) in [7, 11) is 0. The van der Waals surface area contributed by atoms with Gasteiger partial charge in [-0.05, 0) is 17.7 Å². The third-order valence-electron chi connectivity index (χ3n) is 4.60. The van der Waals surface area contributed by atoms with Crippen molar-refractivity contribution in [2.75, 3.05) is 10.6 Å². The van der Waals surface area contributed by atoms with E-state index in [1.807, 2.05) is 66.7 Å². The quantitative estimate of drug-likeness (QED) is 0.639. The first-order valence-electron chi connectivity index (χ1n) is 8.79. The van der Waals surface area contributed by atoms with Crippen LogP contribution in [-0.2, 0) is 4.79 Å². The normalized spacial score (nSPS) is 14.9. The van der Waals surface area contributed by atoms with Gasteiger partial charge in [0.25, 0.3) is 0 Å². The van der Waals surface area contributed by atoms with Gasteiger partial charge in [0.2, 0.25) is 5.91 Å². The van der Waals surface area contributed by atoms with Crippen LogP contribution in [0.3, 0.4) is 0 Å². The summed E-state index contributed by atoms with van der Waals surface area (Å²) < 4.78 is 0. The second kappa shape index (κ2) is 7.26. The number of pyridine rings is 1. The molecule has 3 aromatic rings. The SMILES string of the molecule is N#Cc1c(Nc2ccccc2)nc2c(c1-c1ccccc1)C(=N)C(C#N)C(=O)N2. The third-order valence-corrected chi connectivity index (χ3v) is 4.60. The molecule has 0 bridgehead atoms.